The molecule has 4 heteroatoms. The van der Waals surface area contributed by atoms with Gasteiger partial charge in [-0.15, -0.1) is 0 Å². The Balaban J connectivity index is 1.95. The van der Waals surface area contributed by atoms with E-state index in [0.717, 1.165) is 35.2 Å². The van der Waals surface area contributed by atoms with Crippen LogP contribution in [0.25, 0.3) is 0 Å². The molecule has 1 atom stereocenters. The summed E-state index contributed by atoms with van der Waals surface area (Å²) in [6.45, 7) is 5.99. The van der Waals surface area contributed by atoms with Crippen LogP contribution in [0.2, 0.25) is 0 Å². The highest BCUT2D eigenvalue weighted by Crippen LogP contribution is 2.21. The van der Waals surface area contributed by atoms with Gasteiger partial charge in [0.15, 0.2) is 0 Å². The zero-order chi connectivity index (χ0) is 18.2. The molecule has 2 amide bonds. The molecule has 2 aromatic rings. The Labute approximate surface area is 149 Å². The SMILES string of the molecule is CCCC(C(=O)NCC(=O)Nc1cccc(C)c1C)c1ccccc1. The molecule has 132 valence electrons. The second-order valence-corrected chi connectivity index (χ2v) is 6.27. The number of hydrogen-bond donors (Lipinski definition) is 2. The molecule has 0 radical (unpaired) electrons. The summed E-state index contributed by atoms with van der Waals surface area (Å²) in [6.07, 6.45) is 1.66. The number of anilines is 1. The maximum Gasteiger partial charge on any atom is 0.243 e. The van der Waals surface area contributed by atoms with Gasteiger partial charge < -0.3 is 10.6 Å². The fourth-order valence-corrected chi connectivity index (χ4v) is 2.79. The second kappa shape index (κ2) is 9.02. The second-order valence-electron chi connectivity index (χ2n) is 6.27. The fourth-order valence-electron chi connectivity index (χ4n) is 2.79. The lowest BCUT2D eigenvalue weighted by Crippen LogP contribution is -2.36. The number of aryl methyl sites for hydroxylation is 1. The molecule has 4 nitrogen and oxygen atoms in total. The van der Waals surface area contributed by atoms with Gasteiger partial charge in [0.05, 0.1) is 12.5 Å². The first-order valence-electron chi connectivity index (χ1n) is 8.71. The van der Waals surface area contributed by atoms with Gasteiger partial charge in [-0.3, -0.25) is 9.59 Å². The maximum atomic E-state index is 12.5. The Morgan fingerprint density at radius 2 is 1.72 bits per heavy atom. The molecule has 0 bridgehead atoms. The molecule has 2 rings (SSSR count). The highest BCUT2D eigenvalue weighted by molar-refractivity contribution is 5.96. The van der Waals surface area contributed by atoms with Crippen LogP contribution in [0, 0.1) is 13.8 Å². The molecular formula is C21H26N2O2. The Hall–Kier alpha value is -2.62. The van der Waals surface area contributed by atoms with Gasteiger partial charge in [-0.2, -0.15) is 0 Å². The van der Waals surface area contributed by atoms with Crippen molar-refractivity contribution in [2.24, 2.45) is 0 Å². The number of benzene rings is 2. The molecule has 2 aromatic carbocycles. The summed E-state index contributed by atoms with van der Waals surface area (Å²) in [7, 11) is 0. The first-order chi connectivity index (χ1) is 12.0. The zero-order valence-corrected chi connectivity index (χ0v) is 15.1. The van der Waals surface area contributed by atoms with Gasteiger partial charge in [0.2, 0.25) is 11.8 Å². The minimum absolute atomic E-state index is 0.0285. The Morgan fingerprint density at radius 3 is 2.40 bits per heavy atom. The molecule has 0 saturated heterocycles. The minimum Gasteiger partial charge on any atom is -0.346 e. The molecule has 2 N–H and O–H groups in total. The van der Waals surface area contributed by atoms with E-state index in [2.05, 4.69) is 17.6 Å². The van der Waals surface area contributed by atoms with Crippen LogP contribution in [0.1, 0.15) is 42.4 Å². The van der Waals surface area contributed by atoms with Crippen LogP contribution < -0.4 is 10.6 Å². The van der Waals surface area contributed by atoms with Gasteiger partial charge in [-0.05, 0) is 43.0 Å². The van der Waals surface area contributed by atoms with E-state index in [4.69, 9.17) is 0 Å². The summed E-state index contributed by atoms with van der Waals surface area (Å²) < 4.78 is 0. The lowest BCUT2D eigenvalue weighted by Gasteiger charge is -2.17. The highest BCUT2D eigenvalue weighted by Gasteiger charge is 2.20. The molecule has 0 aliphatic carbocycles. The standard InChI is InChI=1S/C21H26N2O2/c1-4-9-18(17-11-6-5-7-12-17)21(25)22-14-20(24)23-19-13-8-10-15(2)16(19)3/h5-8,10-13,18H,4,9,14H2,1-3H3,(H,22,25)(H,23,24). The number of carbonyl (C=O) groups excluding carboxylic acids is 2. The molecule has 0 fully saturated rings. The monoisotopic (exact) mass is 338 g/mol. The number of nitrogens with one attached hydrogen (secondary N) is 2. The van der Waals surface area contributed by atoms with Crippen molar-refractivity contribution in [3.63, 3.8) is 0 Å². The van der Waals surface area contributed by atoms with Gasteiger partial charge in [0, 0.05) is 5.69 Å². The Kier molecular flexibility index (Phi) is 6.75. The maximum absolute atomic E-state index is 12.5. The summed E-state index contributed by atoms with van der Waals surface area (Å²) >= 11 is 0. The third-order valence-electron chi connectivity index (χ3n) is 4.40. The predicted molar refractivity (Wildman–Crippen MR) is 102 cm³/mol. The van der Waals surface area contributed by atoms with E-state index in [0.29, 0.717) is 0 Å². The average molecular weight is 338 g/mol. The van der Waals surface area contributed by atoms with Gasteiger partial charge in [0.25, 0.3) is 0 Å². The molecule has 0 spiro atoms. The largest absolute Gasteiger partial charge is 0.346 e. The van der Waals surface area contributed by atoms with Crippen LogP contribution in [0.4, 0.5) is 5.69 Å². The molecule has 0 aromatic heterocycles. The zero-order valence-electron chi connectivity index (χ0n) is 15.1. The van der Waals surface area contributed by atoms with Gasteiger partial charge >= 0.3 is 0 Å². The van der Waals surface area contributed by atoms with Crippen molar-refractivity contribution in [3.8, 4) is 0 Å². The van der Waals surface area contributed by atoms with E-state index >= 15 is 0 Å². The smallest absolute Gasteiger partial charge is 0.243 e. The lowest BCUT2D eigenvalue weighted by molar-refractivity contribution is -0.125. The number of hydrogen-bond acceptors (Lipinski definition) is 2. The van der Waals surface area contributed by atoms with Crippen LogP contribution in [0.5, 0.6) is 0 Å². The van der Waals surface area contributed by atoms with Crippen molar-refractivity contribution < 1.29 is 9.59 Å². The first kappa shape index (κ1) is 18.7. The van der Waals surface area contributed by atoms with Gasteiger partial charge in [0.1, 0.15) is 0 Å². The molecule has 0 heterocycles. The van der Waals surface area contributed by atoms with Crippen LogP contribution in [0.3, 0.4) is 0 Å². The van der Waals surface area contributed by atoms with E-state index < -0.39 is 0 Å². The van der Waals surface area contributed by atoms with Gasteiger partial charge in [-0.1, -0.05) is 55.8 Å². The van der Waals surface area contributed by atoms with Crippen molar-refractivity contribution in [2.45, 2.75) is 39.5 Å². The predicted octanol–water partition coefficient (Wildman–Crippen LogP) is 3.94. The van der Waals surface area contributed by atoms with Crippen molar-refractivity contribution in [1.29, 1.82) is 0 Å². The molecule has 25 heavy (non-hydrogen) atoms. The van der Waals surface area contributed by atoms with Gasteiger partial charge in [-0.25, -0.2) is 0 Å². The summed E-state index contributed by atoms with van der Waals surface area (Å²) in [5, 5.41) is 5.63. The van der Waals surface area contributed by atoms with Crippen molar-refractivity contribution in [1.82, 2.24) is 5.32 Å². The Bertz CT molecular complexity index is 726. The number of carbonyl (C=O) groups is 2. The van der Waals surface area contributed by atoms with Crippen molar-refractivity contribution in [2.75, 3.05) is 11.9 Å². The van der Waals surface area contributed by atoms with Crippen molar-refractivity contribution >= 4 is 17.5 Å². The van der Waals surface area contributed by atoms with E-state index in [9.17, 15) is 9.59 Å². The molecule has 0 aliphatic heterocycles. The fraction of sp³-hybridized carbons (Fsp3) is 0.333. The minimum atomic E-state index is -0.222. The third kappa shape index (κ3) is 5.18. The van der Waals surface area contributed by atoms with E-state index in [-0.39, 0.29) is 24.3 Å². The van der Waals surface area contributed by atoms with Crippen LogP contribution in [0.15, 0.2) is 48.5 Å². The highest BCUT2D eigenvalue weighted by atomic mass is 16.2. The van der Waals surface area contributed by atoms with E-state index in [1.165, 1.54) is 0 Å². The summed E-state index contributed by atoms with van der Waals surface area (Å²) in [6, 6.07) is 15.5. The topological polar surface area (TPSA) is 58.2 Å². The van der Waals surface area contributed by atoms with E-state index in [1.807, 2.05) is 62.4 Å². The van der Waals surface area contributed by atoms with Crippen LogP contribution in [-0.2, 0) is 9.59 Å². The first-order valence-corrected chi connectivity index (χ1v) is 8.71. The number of amides is 2. The number of rotatable bonds is 7. The quantitative estimate of drug-likeness (QED) is 0.803. The molecular weight excluding hydrogens is 312 g/mol. The molecule has 1 unspecified atom stereocenters. The van der Waals surface area contributed by atoms with Crippen molar-refractivity contribution in [3.05, 3.63) is 65.2 Å². The molecule has 0 saturated carbocycles. The lowest BCUT2D eigenvalue weighted by atomic mass is 9.94. The van der Waals surface area contributed by atoms with Crippen LogP contribution >= 0.6 is 0 Å². The molecule has 0 aliphatic rings. The third-order valence-corrected chi connectivity index (χ3v) is 4.40. The van der Waals surface area contributed by atoms with Crippen LogP contribution in [-0.4, -0.2) is 18.4 Å². The summed E-state index contributed by atoms with van der Waals surface area (Å²) in [4.78, 5) is 24.7. The van der Waals surface area contributed by atoms with E-state index in [1.54, 1.807) is 0 Å². The Morgan fingerprint density at radius 1 is 1.00 bits per heavy atom. The normalized spacial score (nSPS) is 11.6. The average Bonchev–Trinajstić information content (AvgIpc) is 2.62. The summed E-state index contributed by atoms with van der Waals surface area (Å²) in [5.41, 5.74) is 3.92. The summed E-state index contributed by atoms with van der Waals surface area (Å²) in [5.74, 6) is -0.547.